The Morgan fingerprint density at radius 2 is 1.55 bits per heavy atom. The molecule has 16 atom stereocenters. The summed E-state index contributed by atoms with van der Waals surface area (Å²) in [5.74, 6) is -1.55. The largest absolute Gasteiger partial charge is 0.458 e. The number of hydrogen-bond donors (Lipinski definition) is 4. The van der Waals surface area contributed by atoms with Crippen LogP contribution in [0.1, 0.15) is 113 Å². The standard InChI is InChI=1S/C42H66O13/c1-22(2)23(3)17-33(44)54-32-21-31-38(7)13-12-28(18-27(38)11-14-41(31,47)42(48)16-15-40(46,26(6)43)39(32,42)8)53-34-20-30(50-10)37(25(5)52-34)55-35-19-29(49-9)36(45)24(4)51-35/h11,17,22,24-25,28-32,34-37,45-48H,12-16,18-21H2,1-10H3. The van der Waals surface area contributed by atoms with E-state index in [4.69, 9.17) is 33.2 Å². The molecule has 2 aliphatic heterocycles. The summed E-state index contributed by atoms with van der Waals surface area (Å²) in [5, 5.41) is 48.0. The Morgan fingerprint density at radius 3 is 2.18 bits per heavy atom. The van der Waals surface area contributed by atoms with Crippen molar-refractivity contribution in [3.05, 3.63) is 23.3 Å². The van der Waals surface area contributed by atoms with Crippen LogP contribution in [-0.2, 0) is 42.7 Å². The second kappa shape index (κ2) is 15.4. The highest BCUT2D eigenvalue weighted by molar-refractivity contribution is 5.87. The molecule has 5 fully saturated rings. The summed E-state index contributed by atoms with van der Waals surface area (Å²) in [7, 11) is 3.20. The van der Waals surface area contributed by atoms with Crippen molar-refractivity contribution >= 4 is 11.8 Å². The van der Waals surface area contributed by atoms with Gasteiger partial charge in [-0.05, 0) is 90.9 Å². The van der Waals surface area contributed by atoms with Crippen molar-refractivity contribution in [1.29, 1.82) is 0 Å². The third kappa shape index (κ3) is 6.89. The Bertz CT molecular complexity index is 1510. The summed E-state index contributed by atoms with van der Waals surface area (Å²) < 4.78 is 42.9. The lowest BCUT2D eigenvalue weighted by atomic mass is 9.42. The molecule has 0 bridgehead atoms. The molecular weight excluding hydrogens is 712 g/mol. The van der Waals surface area contributed by atoms with E-state index in [-0.39, 0.29) is 49.9 Å². The molecule has 16 unspecified atom stereocenters. The van der Waals surface area contributed by atoms with Crippen LogP contribution in [0.2, 0.25) is 0 Å². The summed E-state index contributed by atoms with van der Waals surface area (Å²) in [6.45, 7) is 14.5. The molecule has 0 aromatic carbocycles. The van der Waals surface area contributed by atoms with E-state index in [9.17, 15) is 30.0 Å². The van der Waals surface area contributed by atoms with Gasteiger partial charge in [0.25, 0.3) is 0 Å². The molecule has 312 valence electrons. The fraction of sp³-hybridized carbons (Fsp3) is 0.857. The lowest BCUT2D eigenvalue weighted by Gasteiger charge is -2.67. The van der Waals surface area contributed by atoms with Crippen molar-refractivity contribution in [1.82, 2.24) is 0 Å². The molecule has 0 radical (unpaired) electrons. The summed E-state index contributed by atoms with van der Waals surface area (Å²) in [6, 6.07) is 0. The van der Waals surface area contributed by atoms with Crippen molar-refractivity contribution in [2.24, 2.45) is 22.7 Å². The van der Waals surface area contributed by atoms with Crippen LogP contribution in [0.15, 0.2) is 23.3 Å². The van der Waals surface area contributed by atoms with E-state index in [0.29, 0.717) is 32.1 Å². The minimum atomic E-state index is -2.00. The molecule has 3 saturated carbocycles. The lowest BCUT2D eigenvalue weighted by molar-refractivity contribution is -0.322. The molecule has 0 aromatic heterocycles. The van der Waals surface area contributed by atoms with Crippen LogP contribution in [0.5, 0.6) is 0 Å². The first kappa shape index (κ1) is 42.8. The quantitative estimate of drug-likeness (QED) is 0.142. The zero-order valence-electron chi connectivity index (χ0n) is 34.4. The number of ketones is 1. The van der Waals surface area contributed by atoms with E-state index < -0.39 is 88.4 Å². The maximum absolute atomic E-state index is 13.4. The molecule has 13 nitrogen and oxygen atoms in total. The molecule has 4 aliphatic carbocycles. The minimum Gasteiger partial charge on any atom is -0.458 e. The van der Waals surface area contributed by atoms with E-state index in [0.717, 1.165) is 11.1 Å². The smallest absolute Gasteiger partial charge is 0.330 e. The van der Waals surface area contributed by atoms with Gasteiger partial charge in [0.15, 0.2) is 18.4 Å². The van der Waals surface area contributed by atoms with E-state index in [1.54, 1.807) is 28.1 Å². The normalized spacial score (nSPS) is 48.7. The lowest BCUT2D eigenvalue weighted by Crippen LogP contribution is -2.78. The topological polar surface area (TPSA) is 180 Å². The number of hydrogen-bond acceptors (Lipinski definition) is 13. The van der Waals surface area contributed by atoms with Gasteiger partial charge in [-0.3, -0.25) is 4.79 Å². The van der Waals surface area contributed by atoms with Gasteiger partial charge >= 0.3 is 5.97 Å². The number of carbonyl (C=O) groups is 2. The van der Waals surface area contributed by atoms with Crippen LogP contribution in [0.25, 0.3) is 0 Å². The average Bonchev–Trinajstić information content (AvgIpc) is 3.36. The number of fused-ring (bicyclic) bond motifs is 5. The second-order valence-corrected chi connectivity index (χ2v) is 18.2. The molecule has 13 heteroatoms. The summed E-state index contributed by atoms with van der Waals surface area (Å²) in [6.07, 6.45) is 1.17. The average molecular weight is 779 g/mol. The monoisotopic (exact) mass is 778 g/mol. The fourth-order valence-corrected chi connectivity index (χ4v) is 11.2. The molecule has 0 aromatic rings. The molecular formula is C42H66O13. The summed E-state index contributed by atoms with van der Waals surface area (Å²) >= 11 is 0. The zero-order chi connectivity index (χ0) is 40.5. The Labute approximate surface area is 326 Å². The number of methoxy groups -OCH3 is 2. The van der Waals surface area contributed by atoms with Gasteiger partial charge in [0.05, 0.1) is 35.9 Å². The summed E-state index contributed by atoms with van der Waals surface area (Å²) in [5.41, 5.74) is -5.94. The van der Waals surface area contributed by atoms with Crippen molar-refractivity contribution in [3.63, 3.8) is 0 Å². The van der Waals surface area contributed by atoms with E-state index in [2.05, 4.69) is 6.92 Å². The number of allylic oxidation sites excluding steroid dienone is 1. The highest BCUT2D eigenvalue weighted by Gasteiger charge is 2.81. The van der Waals surface area contributed by atoms with Gasteiger partial charge in [-0.25, -0.2) is 4.79 Å². The van der Waals surface area contributed by atoms with E-state index in [1.165, 1.54) is 13.0 Å². The van der Waals surface area contributed by atoms with Gasteiger partial charge in [0.2, 0.25) is 0 Å². The molecule has 2 heterocycles. The molecule has 4 N–H and O–H groups in total. The van der Waals surface area contributed by atoms with Crippen molar-refractivity contribution in [2.75, 3.05) is 14.2 Å². The van der Waals surface area contributed by atoms with Crippen LogP contribution in [0.4, 0.5) is 0 Å². The highest BCUT2D eigenvalue weighted by atomic mass is 16.7. The molecule has 6 aliphatic rings. The Hall–Kier alpha value is -1.78. The van der Waals surface area contributed by atoms with Gasteiger partial charge < -0.3 is 53.6 Å². The third-order valence-corrected chi connectivity index (χ3v) is 15.2. The molecule has 55 heavy (non-hydrogen) atoms. The fourth-order valence-electron chi connectivity index (χ4n) is 11.2. The Kier molecular flexibility index (Phi) is 12.0. The van der Waals surface area contributed by atoms with Crippen LogP contribution in [-0.4, -0.2) is 125 Å². The Balaban J connectivity index is 1.19. The second-order valence-electron chi connectivity index (χ2n) is 18.2. The number of aliphatic hydroxyl groups excluding tert-OH is 1. The number of rotatable bonds is 10. The predicted molar refractivity (Wildman–Crippen MR) is 199 cm³/mol. The zero-order valence-corrected chi connectivity index (χ0v) is 34.4. The van der Waals surface area contributed by atoms with Crippen molar-refractivity contribution in [3.8, 4) is 0 Å². The molecule has 6 rings (SSSR count). The van der Waals surface area contributed by atoms with Crippen LogP contribution >= 0.6 is 0 Å². The maximum atomic E-state index is 13.4. The number of carbonyl (C=O) groups excluding carboxylic acids is 2. The minimum absolute atomic E-state index is 0.0180. The molecule has 2 saturated heterocycles. The molecule has 0 amide bonds. The number of ether oxygens (including phenoxy) is 7. The molecule has 0 spiro atoms. The van der Waals surface area contributed by atoms with Crippen LogP contribution < -0.4 is 0 Å². The first-order valence-corrected chi connectivity index (χ1v) is 20.3. The van der Waals surface area contributed by atoms with Gasteiger partial charge in [0.1, 0.15) is 35.1 Å². The van der Waals surface area contributed by atoms with Crippen molar-refractivity contribution < 1.29 is 63.2 Å². The number of Topliss-reactive ketones (excluding diaryl/α,β-unsaturated/α-hetero) is 1. The predicted octanol–water partition coefficient (Wildman–Crippen LogP) is 4.05. The van der Waals surface area contributed by atoms with Gasteiger partial charge in [-0.15, -0.1) is 0 Å². The first-order valence-electron chi connectivity index (χ1n) is 20.3. The number of esters is 1. The van der Waals surface area contributed by atoms with Gasteiger partial charge in [0, 0.05) is 39.1 Å². The van der Waals surface area contributed by atoms with E-state index in [1.807, 2.05) is 33.8 Å². The van der Waals surface area contributed by atoms with Gasteiger partial charge in [-0.1, -0.05) is 38.0 Å². The highest BCUT2D eigenvalue weighted by Crippen LogP contribution is 2.71. The Morgan fingerprint density at radius 1 is 0.909 bits per heavy atom. The third-order valence-electron chi connectivity index (χ3n) is 15.2. The summed E-state index contributed by atoms with van der Waals surface area (Å²) in [4.78, 5) is 26.6. The maximum Gasteiger partial charge on any atom is 0.330 e. The SMILES string of the molecule is COC1CC(OC2C(C)OC(OC3CCC4(C)C(=CCC5(O)C4CC(OC(=O)C=C(C)C(C)C)C4(C)C(O)(C(C)=O)CCC54O)C3)CC2OC)OC(C)C1O. The first-order chi connectivity index (χ1) is 25.7. The van der Waals surface area contributed by atoms with Crippen molar-refractivity contribution in [2.45, 2.75) is 191 Å². The van der Waals surface area contributed by atoms with Crippen LogP contribution in [0, 0.1) is 22.7 Å². The number of aliphatic hydroxyl groups is 4. The van der Waals surface area contributed by atoms with E-state index >= 15 is 0 Å². The van der Waals surface area contributed by atoms with Crippen LogP contribution in [0.3, 0.4) is 0 Å². The van der Waals surface area contributed by atoms with Gasteiger partial charge in [-0.2, -0.15) is 0 Å².